The SMILES string of the molecule is CCC(CC(=O)N1CCC2(CC1)NC(=O)N(C)C2=O)c1ccccc1. The second kappa shape index (κ2) is 6.86. The van der Waals surface area contributed by atoms with Gasteiger partial charge in [-0.2, -0.15) is 0 Å². The summed E-state index contributed by atoms with van der Waals surface area (Å²) in [7, 11) is 1.50. The molecule has 6 heteroatoms. The van der Waals surface area contributed by atoms with Crippen LogP contribution in [0.3, 0.4) is 0 Å². The standard InChI is InChI=1S/C19H25N3O3/c1-3-14(15-7-5-4-6-8-15)13-16(23)22-11-9-19(10-12-22)17(24)21(2)18(25)20-19/h4-8,14H,3,9-13H2,1-2H3,(H,20,25). The zero-order valence-corrected chi connectivity index (χ0v) is 14.8. The normalized spacial score (nSPS) is 20.7. The summed E-state index contributed by atoms with van der Waals surface area (Å²) >= 11 is 0. The Morgan fingerprint density at radius 2 is 1.84 bits per heavy atom. The fraction of sp³-hybridized carbons (Fsp3) is 0.526. The largest absolute Gasteiger partial charge is 0.342 e. The maximum atomic E-state index is 12.7. The number of likely N-dealkylation sites (N-methyl/N-ethyl adjacent to an activating group) is 1. The molecule has 0 aliphatic carbocycles. The predicted molar refractivity (Wildman–Crippen MR) is 93.9 cm³/mol. The van der Waals surface area contributed by atoms with E-state index in [4.69, 9.17) is 0 Å². The molecule has 1 atom stereocenters. The molecule has 0 saturated carbocycles. The third-order valence-electron chi connectivity index (χ3n) is 5.52. The number of carbonyl (C=O) groups excluding carboxylic acids is 3. The number of carbonyl (C=O) groups is 3. The van der Waals surface area contributed by atoms with Crippen molar-refractivity contribution in [2.24, 2.45) is 0 Å². The minimum absolute atomic E-state index is 0.121. The van der Waals surface area contributed by atoms with E-state index in [1.807, 2.05) is 23.1 Å². The van der Waals surface area contributed by atoms with Crippen LogP contribution in [0.25, 0.3) is 0 Å². The molecule has 0 radical (unpaired) electrons. The fourth-order valence-electron chi connectivity index (χ4n) is 3.79. The van der Waals surface area contributed by atoms with E-state index in [1.54, 1.807) is 0 Å². The van der Waals surface area contributed by atoms with Crippen molar-refractivity contribution in [1.29, 1.82) is 0 Å². The Morgan fingerprint density at radius 1 is 1.20 bits per heavy atom. The smallest absolute Gasteiger partial charge is 0.324 e. The van der Waals surface area contributed by atoms with Gasteiger partial charge in [-0.1, -0.05) is 37.3 Å². The number of piperidine rings is 1. The number of urea groups is 1. The Labute approximate surface area is 148 Å². The van der Waals surface area contributed by atoms with Crippen LogP contribution in [-0.2, 0) is 9.59 Å². The highest BCUT2D eigenvalue weighted by Crippen LogP contribution is 2.30. The Morgan fingerprint density at radius 3 is 2.36 bits per heavy atom. The maximum absolute atomic E-state index is 12.7. The molecule has 4 amide bonds. The van der Waals surface area contributed by atoms with Gasteiger partial charge in [0.15, 0.2) is 0 Å². The summed E-state index contributed by atoms with van der Waals surface area (Å²) in [6.45, 7) is 3.10. The molecule has 1 aromatic carbocycles. The topological polar surface area (TPSA) is 69.7 Å². The van der Waals surface area contributed by atoms with E-state index in [0.717, 1.165) is 11.3 Å². The van der Waals surface area contributed by atoms with E-state index in [-0.39, 0.29) is 23.8 Å². The molecule has 0 aromatic heterocycles. The van der Waals surface area contributed by atoms with Crippen LogP contribution in [0, 0.1) is 0 Å². The second-order valence-electron chi connectivity index (χ2n) is 6.98. The second-order valence-corrected chi connectivity index (χ2v) is 6.98. The summed E-state index contributed by atoms with van der Waals surface area (Å²) in [5.41, 5.74) is 0.373. The first kappa shape index (κ1) is 17.5. The summed E-state index contributed by atoms with van der Waals surface area (Å²) in [6.07, 6.45) is 2.35. The lowest BCUT2D eigenvalue weighted by molar-refractivity contribution is -0.138. The van der Waals surface area contributed by atoms with Crippen molar-refractivity contribution >= 4 is 17.8 Å². The van der Waals surface area contributed by atoms with E-state index in [9.17, 15) is 14.4 Å². The molecular formula is C19H25N3O3. The van der Waals surface area contributed by atoms with Crippen LogP contribution in [0.15, 0.2) is 30.3 Å². The summed E-state index contributed by atoms with van der Waals surface area (Å²) in [4.78, 5) is 39.7. The molecule has 0 bridgehead atoms. The van der Waals surface area contributed by atoms with Gasteiger partial charge >= 0.3 is 6.03 Å². The van der Waals surface area contributed by atoms with Crippen LogP contribution in [0.2, 0.25) is 0 Å². The highest BCUT2D eigenvalue weighted by molar-refractivity contribution is 6.06. The van der Waals surface area contributed by atoms with Gasteiger partial charge in [0, 0.05) is 26.6 Å². The highest BCUT2D eigenvalue weighted by atomic mass is 16.2. The monoisotopic (exact) mass is 343 g/mol. The first-order chi connectivity index (χ1) is 12.0. The molecule has 3 rings (SSSR count). The Kier molecular flexibility index (Phi) is 4.79. The number of rotatable bonds is 4. The van der Waals surface area contributed by atoms with Gasteiger partial charge in [-0.15, -0.1) is 0 Å². The molecule has 2 saturated heterocycles. The van der Waals surface area contributed by atoms with Crippen molar-refractivity contribution in [3.63, 3.8) is 0 Å². The number of nitrogens with one attached hydrogen (secondary N) is 1. The van der Waals surface area contributed by atoms with Crippen LogP contribution in [0.5, 0.6) is 0 Å². The number of amides is 4. The number of hydrogen-bond donors (Lipinski definition) is 1. The van der Waals surface area contributed by atoms with E-state index >= 15 is 0 Å². The molecule has 1 aromatic rings. The molecule has 2 heterocycles. The molecule has 2 aliphatic heterocycles. The van der Waals surface area contributed by atoms with Crippen molar-refractivity contribution in [1.82, 2.24) is 15.1 Å². The van der Waals surface area contributed by atoms with Gasteiger partial charge in [-0.25, -0.2) is 4.79 Å². The van der Waals surface area contributed by atoms with Crippen molar-refractivity contribution in [3.05, 3.63) is 35.9 Å². The zero-order chi connectivity index (χ0) is 18.0. The van der Waals surface area contributed by atoms with Crippen LogP contribution >= 0.6 is 0 Å². The summed E-state index contributed by atoms with van der Waals surface area (Å²) < 4.78 is 0. The lowest BCUT2D eigenvalue weighted by Crippen LogP contribution is -2.55. The van der Waals surface area contributed by atoms with Crippen LogP contribution < -0.4 is 5.32 Å². The van der Waals surface area contributed by atoms with E-state index in [0.29, 0.717) is 32.4 Å². The number of hydrogen-bond acceptors (Lipinski definition) is 3. The molecule has 134 valence electrons. The van der Waals surface area contributed by atoms with Gasteiger partial charge in [0.2, 0.25) is 5.91 Å². The van der Waals surface area contributed by atoms with E-state index in [1.165, 1.54) is 12.6 Å². The summed E-state index contributed by atoms with van der Waals surface area (Å²) in [6, 6.07) is 9.76. The zero-order valence-electron chi connectivity index (χ0n) is 14.8. The predicted octanol–water partition coefficient (Wildman–Crippen LogP) is 2.11. The van der Waals surface area contributed by atoms with Crippen molar-refractivity contribution in [2.75, 3.05) is 20.1 Å². The van der Waals surface area contributed by atoms with Gasteiger partial charge in [0.1, 0.15) is 5.54 Å². The Balaban J connectivity index is 1.60. The van der Waals surface area contributed by atoms with E-state index < -0.39 is 5.54 Å². The third-order valence-corrected chi connectivity index (χ3v) is 5.52. The number of imide groups is 1. The Hall–Kier alpha value is -2.37. The lowest BCUT2D eigenvalue weighted by Gasteiger charge is -2.37. The minimum atomic E-state index is -0.813. The maximum Gasteiger partial charge on any atom is 0.324 e. The van der Waals surface area contributed by atoms with Gasteiger partial charge in [0.25, 0.3) is 5.91 Å². The Bertz CT molecular complexity index is 666. The average molecular weight is 343 g/mol. The molecule has 1 unspecified atom stereocenters. The van der Waals surface area contributed by atoms with Crippen LogP contribution in [0.1, 0.15) is 44.1 Å². The quantitative estimate of drug-likeness (QED) is 0.851. The molecule has 6 nitrogen and oxygen atoms in total. The molecule has 25 heavy (non-hydrogen) atoms. The first-order valence-electron chi connectivity index (χ1n) is 8.90. The number of benzene rings is 1. The molecular weight excluding hydrogens is 318 g/mol. The lowest BCUT2D eigenvalue weighted by atomic mass is 9.86. The van der Waals surface area contributed by atoms with Crippen molar-refractivity contribution < 1.29 is 14.4 Å². The summed E-state index contributed by atoms with van der Waals surface area (Å²) in [5, 5.41) is 2.81. The van der Waals surface area contributed by atoms with Gasteiger partial charge in [0.05, 0.1) is 0 Å². The first-order valence-corrected chi connectivity index (χ1v) is 8.90. The summed E-state index contributed by atoms with van der Waals surface area (Å²) in [5.74, 6) is 0.152. The molecule has 1 spiro atoms. The molecule has 1 N–H and O–H groups in total. The minimum Gasteiger partial charge on any atom is -0.342 e. The average Bonchev–Trinajstić information content (AvgIpc) is 2.84. The number of nitrogens with zero attached hydrogens (tertiary/aromatic N) is 2. The van der Waals surface area contributed by atoms with Gasteiger partial charge in [-0.3, -0.25) is 14.5 Å². The van der Waals surface area contributed by atoms with Crippen LogP contribution in [-0.4, -0.2) is 53.3 Å². The van der Waals surface area contributed by atoms with Gasteiger partial charge in [-0.05, 0) is 30.7 Å². The highest BCUT2D eigenvalue weighted by Gasteiger charge is 2.51. The van der Waals surface area contributed by atoms with Crippen molar-refractivity contribution in [2.45, 2.75) is 44.1 Å². The van der Waals surface area contributed by atoms with Gasteiger partial charge < -0.3 is 10.2 Å². The number of likely N-dealkylation sites (tertiary alicyclic amines) is 1. The van der Waals surface area contributed by atoms with Crippen molar-refractivity contribution in [3.8, 4) is 0 Å². The van der Waals surface area contributed by atoms with Crippen LogP contribution in [0.4, 0.5) is 4.79 Å². The molecule has 2 fully saturated rings. The third kappa shape index (κ3) is 3.25. The molecule has 2 aliphatic rings. The fourth-order valence-corrected chi connectivity index (χ4v) is 3.79. The van der Waals surface area contributed by atoms with E-state index in [2.05, 4.69) is 24.4 Å².